The summed E-state index contributed by atoms with van der Waals surface area (Å²) in [5.74, 6) is 0.583. The van der Waals surface area contributed by atoms with Gasteiger partial charge in [0.2, 0.25) is 0 Å². The van der Waals surface area contributed by atoms with Crippen LogP contribution in [0.2, 0.25) is 0 Å². The zero-order chi connectivity index (χ0) is 15.2. The van der Waals surface area contributed by atoms with Gasteiger partial charge in [-0.1, -0.05) is 38.1 Å². The molecule has 0 atom stereocenters. The number of hydrogen-bond donors (Lipinski definition) is 1. The Bertz CT molecular complexity index is 448. The van der Waals surface area contributed by atoms with Crippen LogP contribution in [0.3, 0.4) is 0 Å². The van der Waals surface area contributed by atoms with Crippen LogP contribution >= 0.6 is 0 Å². The molecule has 1 aliphatic rings. The van der Waals surface area contributed by atoms with E-state index in [9.17, 15) is 4.79 Å². The molecule has 4 heteroatoms. The number of methoxy groups -OCH3 is 1. The van der Waals surface area contributed by atoms with Crippen LogP contribution in [0.15, 0.2) is 24.3 Å². The van der Waals surface area contributed by atoms with Crippen LogP contribution in [0.25, 0.3) is 0 Å². The van der Waals surface area contributed by atoms with E-state index in [0.717, 1.165) is 32.5 Å². The summed E-state index contributed by atoms with van der Waals surface area (Å²) in [6, 6.07) is 9.16. The van der Waals surface area contributed by atoms with Gasteiger partial charge in [-0.05, 0) is 29.9 Å². The first-order chi connectivity index (χ1) is 10.1. The number of nitrogens with zero attached hydrogens (tertiary/aromatic N) is 1. The lowest BCUT2D eigenvalue weighted by atomic mass is 10.0. The number of nitrogens with one attached hydrogen (secondary N) is 1. The van der Waals surface area contributed by atoms with E-state index in [-0.39, 0.29) is 12.1 Å². The largest absolute Gasteiger partial charge is 0.453 e. The maximum absolute atomic E-state index is 11.2. The molecule has 0 unspecified atom stereocenters. The average Bonchev–Trinajstić information content (AvgIpc) is 2.49. The number of amides is 1. The van der Waals surface area contributed by atoms with Crippen molar-refractivity contribution in [2.75, 3.05) is 20.2 Å². The van der Waals surface area contributed by atoms with Crippen molar-refractivity contribution in [1.29, 1.82) is 0 Å². The van der Waals surface area contributed by atoms with Gasteiger partial charge >= 0.3 is 6.09 Å². The number of alkyl carbamates (subject to hydrolysis) is 1. The van der Waals surface area contributed by atoms with Crippen molar-refractivity contribution in [3.8, 4) is 0 Å². The van der Waals surface area contributed by atoms with Gasteiger partial charge in [0, 0.05) is 25.7 Å². The van der Waals surface area contributed by atoms with E-state index < -0.39 is 0 Å². The van der Waals surface area contributed by atoms with E-state index >= 15 is 0 Å². The second kappa shape index (κ2) is 7.46. The summed E-state index contributed by atoms with van der Waals surface area (Å²) >= 11 is 0. The highest BCUT2D eigenvalue weighted by molar-refractivity contribution is 5.67. The minimum absolute atomic E-state index is 0.247. The molecule has 0 aromatic heterocycles. The SMILES string of the molecule is COC(=O)NC1CCN(Cc2ccc(C(C)C)cc2)CC1. The van der Waals surface area contributed by atoms with Crippen LogP contribution in [0, 0.1) is 0 Å². The molecule has 1 aromatic rings. The lowest BCUT2D eigenvalue weighted by Gasteiger charge is -2.32. The van der Waals surface area contributed by atoms with Crippen molar-refractivity contribution in [2.45, 2.75) is 45.2 Å². The van der Waals surface area contributed by atoms with Crippen LogP contribution in [-0.4, -0.2) is 37.2 Å². The van der Waals surface area contributed by atoms with E-state index in [4.69, 9.17) is 0 Å². The van der Waals surface area contributed by atoms with Crippen molar-refractivity contribution in [3.05, 3.63) is 35.4 Å². The lowest BCUT2D eigenvalue weighted by molar-refractivity contribution is 0.150. The van der Waals surface area contributed by atoms with E-state index in [0.29, 0.717) is 5.92 Å². The van der Waals surface area contributed by atoms with E-state index in [2.05, 4.69) is 53.1 Å². The molecule has 0 radical (unpaired) electrons. The number of rotatable bonds is 4. The Morgan fingerprint density at radius 2 is 1.90 bits per heavy atom. The van der Waals surface area contributed by atoms with E-state index in [1.807, 2.05) is 0 Å². The number of hydrogen-bond acceptors (Lipinski definition) is 3. The quantitative estimate of drug-likeness (QED) is 0.926. The molecule has 4 nitrogen and oxygen atoms in total. The molecule has 0 saturated carbocycles. The fourth-order valence-corrected chi connectivity index (χ4v) is 2.73. The Kier molecular flexibility index (Phi) is 5.62. The summed E-state index contributed by atoms with van der Waals surface area (Å²) in [5, 5.41) is 2.89. The maximum Gasteiger partial charge on any atom is 0.407 e. The van der Waals surface area contributed by atoms with Gasteiger partial charge in [-0.15, -0.1) is 0 Å². The highest BCUT2D eigenvalue weighted by Crippen LogP contribution is 2.17. The van der Waals surface area contributed by atoms with Crippen molar-refractivity contribution >= 4 is 6.09 Å². The standard InChI is InChI=1S/C17H26N2O2/c1-13(2)15-6-4-14(5-7-15)12-19-10-8-16(9-11-19)18-17(20)21-3/h4-7,13,16H,8-12H2,1-3H3,(H,18,20). The van der Waals surface area contributed by atoms with Crippen molar-refractivity contribution in [2.24, 2.45) is 0 Å². The summed E-state index contributed by atoms with van der Waals surface area (Å²) in [4.78, 5) is 13.6. The first-order valence-electron chi connectivity index (χ1n) is 7.74. The van der Waals surface area contributed by atoms with Crippen LogP contribution in [-0.2, 0) is 11.3 Å². The summed E-state index contributed by atoms with van der Waals surface area (Å²) in [6.45, 7) is 7.45. The minimum Gasteiger partial charge on any atom is -0.453 e. The molecule has 0 bridgehead atoms. The van der Waals surface area contributed by atoms with Crippen LogP contribution < -0.4 is 5.32 Å². The Labute approximate surface area is 127 Å². The molecule has 0 aliphatic carbocycles. The lowest BCUT2D eigenvalue weighted by Crippen LogP contribution is -2.44. The van der Waals surface area contributed by atoms with Crippen molar-refractivity contribution < 1.29 is 9.53 Å². The van der Waals surface area contributed by atoms with Crippen LogP contribution in [0.4, 0.5) is 4.79 Å². The van der Waals surface area contributed by atoms with Gasteiger partial charge in [-0.25, -0.2) is 4.79 Å². The zero-order valence-electron chi connectivity index (χ0n) is 13.3. The van der Waals surface area contributed by atoms with Crippen LogP contribution in [0.5, 0.6) is 0 Å². The predicted octanol–water partition coefficient (Wildman–Crippen LogP) is 3.13. The van der Waals surface area contributed by atoms with Gasteiger partial charge in [0.25, 0.3) is 0 Å². The molecule has 1 amide bonds. The highest BCUT2D eigenvalue weighted by Gasteiger charge is 2.20. The number of carbonyl (C=O) groups excluding carboxylic acids is 1. The topological polar surface area (TPSA) is 41.6 Å². The molecule has 0 spiro atoms. The van der Waals surface area contributed by atoms with Crippen LogP contribution in [0.1, 0.15) is 43.7 Å². The molecule has 2 rings (SSSR count). The second-order valence-electron chi connectivity index (χ2n) is 6.08. The number of carbonyl (C=O) groups is 1. The summed E-state index contributed by atoms with van der Waals surface area (Å²) in [5.41, 5.74) is 2.75. The Morgan fingerprint density at radius 3 is 2.43 bits per heavy atom. The highest BCUT2D eigenvalue weighted by atomic mass is 16.5. The average molecular weight is 290 g/mol. The number of ether oxygens (including phenoxy) is 1. The van der Waals surface area contributed by atoms with E-state index in [1.54, 1.807) is 0 Å². The van der Waals surface area contributed by atoms with Gasteiger partial charge in [-0.2, -0.15) is 0 Å². The molecule has 1 aromatic carbocycles. The summed E-state index contributed by atoms with van der Waals surface area (Å²) < 4.78 is 4.64. The third-order valence-corrected chi connectivity index (χ3v) is 4.15. The van der Waals surface area contributed by atoms with Gasteiger partial charge in [0.15, 0.2) is 0 Å². The number of piperidine rings is 1. The van der Waals surface area contributed by atoms with Gasteiger partial charge in [0.05, 0.1) is 7.11 Å². The molecule has 21 heavy (non-hydrogen) atoms. The third kappa shape index (κ3) is 4.74. The first kappa shape index (κ1) is 15.8. The number of benzene rings is 1. The molecule has 1 heterocycles. The predicted molar refractivity (Wildman–Crippen MR) is 84.4 cm³/mol. The molecule has 1 saturated heterocycles. The van der Waals surface area contributed by atoms with Gasteiger partial charge in [0.1, 0.15) is 0 Å². The Balaban J connectivity index is 1.79. The molecule has 1 N–H and O–H groups in total. The van der Waals surface area contributed by atoms with Gasteiger partial charge < -0.3 is 10.1 Å². The normalized spacial score (nSPS) is 17.0. The fourth-order valence-electron chi connectivity index (χ4n) is 2.73. The molecule has 116 valence electrons. The number of likely N-dealkylation sites (tertiary alicyclic amines) is 1. The van der Waals surface area contributed by atoms with Crippen molar-refractivity contribution in [1.82, 2.24) is 10.2 Å². The molecular weight excluding hydrogens is 264 g/mol. The fraction of sp³-hybridized carbons (Fsp3) is 0.588. The molecular formula is C17H26N2O2. The first-order valence-corrected chi connectivity index (χ1v) is 7.74. The Hall–Kier alpha value is -1.55. The van der Waals surface area contributed by atoms with Gasteiger partial charge in [-0.3, -0.25) is 4.90 Å². The smallest absolute Gasteiger partial charge is 0.407 e. The van der Waals surface area contributed by atoms with E-state index in [1.165, 1.54) is 18.2 Å². The molecule has 1 fully saturated rings. The molecule has 1 aliphatic heterocycles. The second-order valence-corrected chi connectivity index (χ2v) is 6.08. The third-order valence-electron chi connectivity index (χ3n) is 4.15. The Morgan fingerprint density at radius 1 is 1.29 bits per heavy atom. The zero-order valence-corrected chi connectivity index (χ0v) is 13.3. The maximum atomic E-state index is 11.2. The summed E-state index contributed by atoms with van der Waals surface area (Å²) in [6.07, 6.45) is 1.65. The summed E-state index contributed by atoms with van der Waals surface area (Å²) in [7, 11) is 1.41. The van der Waals surface area contributed by atoms with Crippen molar-refractivity contribution in [3.63, 3.8) is 0 Å². The monoisotopic (exact) mass is 290 g/mol. The minimum atomic E-state index is -0.322.